The molecule has 10 rings (SSSR count). The maximum Gasteiger partial charge on any atom is 0.319 e. The quantitative estimate of drug-likeness (QED) is 0.181. The van der Waals surface area contributed by atoms with E-state index in [1.54, 1.807) is 14.2 Å². The number of benzene rings is 2. The number of aromatic nitrogens is 2. The van der Waals surface area contributed by atoms with Gasteiger partial charge < -0.3 is 24.2 Å². The third kappa shape index (κ3) is 4.67. The molecule has 4 aromatic rings. The molecule has 0 amide bonds. The van der Waals surface area contributed by atoms with Crippen molar-refractivity contribution < 1.29 is 23.8 Å². The molecule has 6 bridgehead atoms. The number of piperidine rings is 3. The second kappa shape index (κ2) is 12.5. The number of hydrogen-bond donors (Lipinski definition) is 2. The van der Waals surface area contributed by atoms with Gasteiger partial charge in [0, 0.05) is 82.5 Å². The van der Waals surface area contributed by atoms with Crippen LogP contribution in [0.1, 0.15) is 73.5 Å². The zero-order chi connectivity index (χ0) is 36.1. The van der Waals surface area contributed by atoms with Crippen molar-refractivity contribution in [3.05, 3.63) is 76.1 Å². The number of carbonyl (C=O) groups excluding carboxylic acids is 2. The highest BCUT2D eigenvalue weighted by Gasteiger charge is 2.62. The lowest BCUT2D eigenvalue weighted by Crippen LogP contribution is -2.67. The number of methoxy groups -OCH3 is 3. The van der Waals surface area contributed by atoms with E-state index in [0.29, 0.717) is 11.8 Å². The molecule has 52 heavy (non-hydrogen) atoms. The number of hydrogen-bond acceptors (Lipinski definition) is 7. The highest BCUT2D eigenvalue weighted by molar-refractivity contribution is 5.93. The van der Waals surface area contributed by atoms with Crippen LogP contribution in [-0.2, 0) is 37.3 Å². The molecular formula is C43H52N4O5. The van der Waals surface area contributed by atoms with E-state index in [9.17, 15) is 9.59 Å². The van der Waals surface area contributed by atoms with Crippen molar-refractivity contribution in [2.45, 2.75) is 75.8 Å². The number of carbonyl (C=O) groups is 2. The van der Waals surface area contributed by atoms with Crippen LogP contribution >= 0.6 is 0 Å². The van der Waals surface area contributed by atoms with Gasteiger partial charge in [0.05, 0.1) is 27.2 Å². The normalized spacial score (nSPS) is 33.2. The van der Waals surface area contributed by atoms with Gasteiger partial charge in [-0.3, -0.25) is 19.4 Å². The van der Waals surface area contributed by atoms with E-state index in [1.165, 1.54) is 41.3 Å². The number of fused-ring (bicyclic) bond motifs is 9. The first-order chi connectivity index (χ1) is 25.3. The third-order valence-electron chi connectivity index (χ3n) is 14.1. The number of ether oxygens (including phenoxy) is 3. The summed E-state index contributed by atoms with van der Waals surface area (Å²) in [6.07, 6.45) is 7.60. The molecule has 6 heterocycles. The Bertz CT molecular complexity index is 2110. The number of likely N-dealkylation sites (tertiary alicyclic amines) is 1. The molecule has 9 heteroatoms. The number of nitrogens with zero attached hydrogens (tertiary/aromatic N) is 2. The molecule has 6 aliphatic rings. The summed E-state index contributed by atoms with van der Waals surface area (Å²) >= 11 is 0. The first-order valence-corrected chi connectivity index (χ1v) is 19.3. The Hall–Kier alpha value is -4.08. The largest absolute Gasteiger partial charge is 0.496 e. The van der Waals surface area contributed by atoms with Crippen LogP contribution in [0.3, 0.4) is 0 Å². The maximum absolute atomic E-state index is 14.2. The number of rotatable bonds is 5. The van der Waals surface area contributed by atoms with Crippen LogP contribution in [0.25, 0.3) is 21.8 Å². The Morgan fingerprint density at radius 3 is 2.60 bits per heavy atom. The van der Waals surface area contributed by atoms with Gasteiger partial charge in [-0.1, -0.05) is 43.2 Å². The number of para-hydroxylation sites is 1. The molecule has 3 saturated heterocycles. The number of esters is 2. The van der Waals surface area contributed by atoms with Crippen molar-refractivity contribution in [2.24, 2.45) is 23.7 Å². The number of nitrogens with one attached hydrogen (secondary N) is 2. The third-order valence-corrected chi connectivity index (χ3v) is 14.1. The number of allylic oxidation sites excluding steroid dienone is 1. The SMILES string of the molecule is C/C=C1/CN(C)[C@H]2Cc3c([nH]c4ccccc34)[C@@H](c3cc4c5c([nH]c4cc3OC)[C@@]3(C(=O)OC)C[C@@H]4C[C@@H](CC)[C@H]3N(CC5)C4)C[C@@H]1[C@H]2C(=O)OC. The van der Waals surface area contributed by atoms with Gasteiger partial charge in [-0.05, 0) is 87.1 Å². The summed E-state index contributed by atoms with van der Waals surface area (Å²) in [6.45, 7) is 7.17. The lowest BCUT2D eigenvalue weighted by molar-refractivity contribution is -0.162. The standard InChI is InChI=1S/C43H52N4O5/c1-7-24-15-23-20-43(42(49)52-6)39-27(13-14-47(21-23)40(24)43)29-17-30(36(50-4)19-34(29)45-39)31-16-28-25(8-2)22-46(3)35(37(28)41(48)51-5)18-32-26-11-9-10-12-33(26)44-38(31)32/h8-12,17,19,23-24,28,31,35,37,40,44-45H,7,13-16,18,20-22H2,1-6H3/b25-8-/t23-,24+,28-,31+,35-,37+,40+,43-/m0/s1. The first kappa shape index (κ1) is 33.7. The van der Waals surface area contributed by atoms with Crippen LogP contribution in [0.4, 0.5) is 0 Å². The van der Waals surface area contributed by atoms with Crippen molar-refractivity contribution in [3.63, 3.8) is 0 Å². The fourth-order valence-electron chi connectivity index (χ4n) is 12.1. The molecule has 1 saturated carbocycles. The van der Waals surface area contributed by atoms with Gasteiger partial charge in [-0.2, -0.15) is 0 Å². The second-order valence-corrected chi connectivity index (χ2v) is 16.3. The smallest absolute Gasteiger partial charge is 0.319 e. The molecule has 274 valence electrons. The summed E-state index contributed by atoms with van der Waals surface area (Å²) in [7, 11) is 6.98. The van der Waals surface area contributed by atoms with Crippen LogP contribution in [0.2, 0.25) is 0 Å². The monoisotopic (exact) mass is 704 g/mol. The van der Waals surface area contributed by atoms with Crippen LogP contribution < -0.4 is 4.74 Å². The molecule has 9 atom stereocenters. The Balaban J connectivity index is 1.28. The van der Waals surface area contributed by atoms with E-state index < -0.39 is 5.41 Å². The van der Waals surface area contributed by atoms with Gasteiger partial charge in [-0.15, -0.1) is 0 Å². The fraction of sp³-hybridized carbons (Fsp3) is 0.535. The molecule has 4 fully saturated rings. The van der Waals surface area contributed by atoms with Gasteiger partial charge in [0.1, 0.15) is 11.2 Å². The highest BCUT2D eigenvalue weighted by atomic mass is 16.5. The van der Waals surface area contributed by atoms with Crippen molar-refractivity contribution in [1.29, 1.82) is 0 Å². The fourth-order valence-corrected chi connectivity index (χ4v) is 12.1. The van der Waals surface area contributed by atoms with Crippen LogP contribution in [0.15, 0.2) is 48.0 Å². The van der Waals surface area contributed by atoms with Gasteiger partial charge in [0.2, 0.25) is 0 Å². The summed E-state index contributed by atoms with van der Waals surface area (Å²) in [5.41, 5.74) is 8.50. The Morgan fingerprint density at radius 1 is 1.02 bits per heavy atom. The zero-order valence-corrected chi connectivity index (χ0v) is 31.4. The Morgan fingerprint density at radius 2 is 1.85 bits per heavy atom. The van der Waals surface area contributed by atoms with Crippen molar-refractivity contribution in [3.8, 4) is 5.75 Å². The van der Waals surface area contributed by atoms with Crippen molar-refractivity contribution in [1.82, 2.24) is 19.8 Å². The lowest BCUT2D eigenvalue weighted by atomic mass is 9.56. The minimum atomic E-state index is -0.725. The number of H-pyrrole nitrogens is 2. The predicted octanol–water partition coefficient (Wildman–Crippen LogP) is 6.49. The lowest BCUT2D eigenvalue weighted by Gasteiger charge is -2.57. The molecule has 2 N–H and O–H groups in total. The minimum absolute atomic E-state index is 0.00289. The molecule has 1 unspecified atom stereocenters. The first-order valence-electron chi connectivity index (χ1n) is 19.3. The topological polar surface area (TPSA) is 99.9 Å². The molecular weight excluding hydrogens is 652 g/mol. The average Bonchev–Trinajstić information content (AvgIpc) is 3.69. The van der Waals surface area contributed by atoms with E-state index in [4.69, 9.17) is 14.2 Å². The van der Waals surface area contributed by atoms with E-state index >= 15 is 0 Å². The van der Waals surface area contributed by atoms with Crippen LogP contribution in [0.5, 0.6) is 5.75 Å². The van der Waals surface area contributed by atoms with Gasteiger partial charge in [0.15, 0.2) is 0 Å². The second-order valence-electron chi connectivity index (χ2n) is 16.3. The Kier molecular flexibility index (Phi) is 8.12. The van der Waals surface area contributed by atoms with E-state index in [0.717, 1.165) is 85.2 Å². The molecule has 4 aliphatic heterocycles. The van der Waals surface area contributed by atoms with E-state index in [1.807, 2.05) is 0 Å². The molecule has 2 aromatic carbocycles. The summed E-state index contributed by atoms with van der Waals surface area (Å²) in [5, 5.41) is 2.36. The molecule has 0 spiro atoms. The summed E-state index contributed by atoms with van der Waals surface area (Å²) in [4.78, 5) is 40.7. The molecule has 2 aromatic heterocycles. The van der Waals surface area contributed by atoms with Crippen LogP contribution in [0, 0.1) is 23.7 Å². The maximum atomic E-state index is 14.2. The zero-order valence-electron chi connectivity index (χ0n) is 31.4. The molecule has 0 radical (unpaired) electrons. The number of aromatic amines is 2. The summed E-state index contributed by atoms with van der Waals surface area (Å²) < 4.78 is 17.6. The Labute approximate surface area is 306 Å². The highest BCUT2D eigenvalue weighted by Crippen LogP contribution is 2.56. The van der Waals surface area contributed by atoms with Crippen molar-refractivity contribution in [2.75, 3.05) is 48.0 Å². The van der Waals surface area contributed by atoms with Crippen LogP contribution in [-0.4, -0.2) is 91.8 Å². The average molecular weight is 705 g/mol. The molecule has 9 nitrogen and oxygen atoms in total. The van der Waals surface area contributed by atoms with Crippen molar-refractivity contribution >= 4 is 33.7 Å². The summed E-state index contributed by atoms with van der Waals surface area (Å²) in [6, 6.07) is 13.2. The van der Waals surface area contributed by atoms with Gasteiger partial charge in [-0.25, -0.2) is 0 Å². The summed E-state index contributed by atoms with van der Waals surface area (Å²) in [5.74, 6) is 1.10. The van der Waals surface area contributed by atoms with Gasteiger partial charge >= 0.3 is 11.9 Å². The minimum Gasteiger partial charge on any atom is -0.496 e. The van der Waals surface area contributed by atoms with Gasteiger partial charge in [0.25, 0.3) is 0 Å². The number of likely N-dealkylation sites (N-methyl/N-ethyl adjacent to an activating group) is 1. The van der Waals surface area contributed by atoms with E-state index in [-0.39, 0.29) is 41.8 Å². The van der Waals surface area contributed by atoms with E-state index in [2.05, 4.69) is 83.1 Å². The predicted molar refractivity (Wildman–Crippen MR) is 202 cm³/mol. The molecule has 2 aliphatic carbocycles.